The van der Waals surface area contributed by atoms with Gasteiger partial charge in [-0.3, -0.25) is 29.2 Å². The van der Waals surface area contributed by atoms with Crippen LogP contribution < -0.4 is 54.9 Å². The van der Waals surface area contributed by atoms with E-state index in [9.17, 15) is 28.8 Å². The number of amides is 6. The van der Waals surface area contributed by atoms with Crippen molar-refractivity contribution in [3.63, 3.8) is 0 Å². The number of guanidine groups is 2. The van der Waals surface area contributed by atoms with Gasteiger partial charge in [0.2, 0.25) is 17.7 Å². The number of hydrogen-bond donors (Lipinski definition) is 9. The lowest BCUT2D eigenvalue weighted by Gasteiger charge is -2.24. The monoisotopic (exact) mass is 1070 g/mol. The maximum Gasteiger partial charge on any atom is 0.408 e. The maximum absolute atomic E-state index is 14.4. The molecule has 0 radical (unpaired) electrons. The standard InChI is InChI=1S/C56H69N13O9/c1-33(2)27-44(68-55(74)76-31-35-15-7-5-8-16-35)51(72)65-41(21-13-25-61-53(57)58)49(70)63-37-23-24-40-46(29-37)78-47-30-43(38-19-11-12-20-39(38)48(47)64-40)67-50(71)42(22-14-26-62-54(59)60)66-52(73)45(28-34(3)4)69-56(75)77-32-36-17-9-6-10-18-36/h5-12,15-20,23-24,29-30,33-34,41-42,44-45H,13-14,21-22,25-28,31-32H2,1-4H3,(H,65,72)(H,66,73)(H,67,71)(H,68,74)(H,69,75)(H4,57,58,61)(H4,59,60,62). The Bertz CT molecular complexity index is 3120. The number of carbonyl (C=O) groups is 6. The molecule has 0 spiro atoms. The van der Waals surface area contributed by atoms with Crippen molar-refractivity contribution in [2.24, 2.45) is 49.7 Å². The van der Waals surface area contributed by atoms with Crippen molar-refractivity contribution in [2.75, 3.05) is 18.4 Å². The fraction of sp³-hybridized carbons (Fsp3) is 0.357. The second-order valence-corrected chi connectivity index (χ2v) is 19.4. The van der Waals surface area contributed by atoms with Gasteiger partial charge in [-0.1, -0.05) is 113 Å². The minimum Gasteiger partial charge on any atom is -0.453 e. The molecule has 0 saturated carbocycles. The SMILES string of the molecule is CC(C)CC(NC(=O)OCc1ccccc1)C(=O)NC(CCCN=C(N)N)C(=O)N=c1ccc2nc3c(cc(NC(=O)C(CCCN=C(N)N)NC(=O)C(CC(C)C)NC(=O)OCc4ccccc4)c4ccccc43)oc-2c1. The number of alkyl carbamates (subject to hydrolysis) is 2. The van der Waals surface area contributed by atoms with Gasteiger partial charge in [-0.2, -0.15) is 0 Å². The van der Waals surface area contributed by atoms with Crippen molar-refractivity contribution < 1.29 is 42.7 Å². The van der Waals surface area contributed by atoms with Crippen LogP contribution in [0.15, 0.2) is 129 Å². The second kappa shape index (κ2) is 28.7. The molecule has 1 aliphatic heterocycles. The first-order valence-electron chi connectivity index (χ1n) is 25.7. The van der Waals surface area contributed by atoms with Gasteiger partial charge >= 0.3 is 12.2 Å². The molecule has 4 atom stereocenters. The number of carbonyl (C=O) groups excluding carboxylic acids is 6. The normalized spacial score (nSPS) is 13.0. The number of benzene rings is 5. The van der Waals surface area contributed by atoms with Crippen LogP contribution in [0, 0.1) is 11.8 Å². The van der Waals surface area contributed by atoms with Crippen molar-refractivity contribution in [3.8, 4) is 11.5 Å². The molecule has 412 valence electrons. The van der Waals surface area contributed by atoms with Crippen LogP contribution in [0.1, 0.15) is 77.3 Å². The van der Waals surface area contributed by atoms with Crippen molar-refractivity contribution in [1.82, 2.24) is 26.3 Å². The summed E-state index contributed by atoms with van der Waals surface area (Å²) >= 11 is 0. The van der Waals surface area contributed by atoms with Gasteiger partial charge < -0.3 is 63.4 Å². The third-order valence-electron chi connectivity index (χ3n) is 12.1. The van der Waals surface area contributed by atoms with Crippen LogP contribution in [0.25, 0.3) is 33.3 Å². The summed E-state index contributed by atoms with van der Waals surface area (Å²) in [5.74, 6) is -2.54. The van der Waals surface area contributed by atoms with E-state index >= 15 is 0 Å². The average Bonchev–Trinajstić information content (AvgIpc) is 3.52. The lowest BCUT2D eigenvalue weighted by molar-refractivity contribution is -0.129. The number of nitrogens with zero attached hydrogens (tertiary/aromatic N) is 4. The second-order valence-electron chi connectivity index (χ2n) is 19.4. The van der Waals surface area contributed by atoms with E-state index in [0.29, 0.717) is 40.5 Å². The molecule has 6 rings (SSSR count). The first kappa shape index (κ1) is 58.2. The number of nitrogens with one attached hydrogen (secondary N) is 5. The molecule has 4 aromatic rings. The fourth-order valence-electron chi connectivity index (χ4n) is 8.34. The number of aliphatic imine (C=N–C) groups is 2. The molecular weight excluding hydrogens is 999 g/mol. The molecule has 22 nitrogen and oxygen atoms in total. The van der Waals surface area contributed by atoms with Crippen molar-refractivity contribution in [2.45, 2.75) is 104 Å². The molecular formula is C56H69N13O9. The third-order valence-corrected chi connectivity index (χ3v) is 12.1. The summed E-state index contributed by atoms with van der Waals surface area (Å²) in [6.45, 7) is 7.92. The van der Waals surface area contributed by atoms with Gasteiger partial charge in [-0.25, -0.2) is 19.6 Å². The summed E-state index contributed by atoms with van der Waals surface area (Å²) in [5, 5.41) is 15.4. The Morgan fingerprint density at radius 3 is 1.60 bits per heavy atom. The topological polar surface area (TPSA) is 348 Å². The lowest BCUT2D eigenvalue weighted by atomic mass is 10.0. The van der Waals surface area contributed by atoms with Crippen molar-refractivity contribution in [3.05, 3.63) is 126 Å². The van der Waals surface area contributed by atoms with Crippen LogP contribution >= 0.6 is 0 Å². The zero-order valence-corrected chi connectivity index (χ0v) is 44.2. The van der Waals surface area contributed by atoms with E-state index in [1.165, 1.54) is 6.07 Å². The summed E-state index contributed by atoms with van der Waals surface area (Å²) in [6, 6.07) is 27.5. The predicted octanol–water partition coefficient (Wildman–Crippen LogP) is 5.21. The molecule has 6 amide bonds. The predicted molar refractivity (Wildman–Crippen MR) is 297 cm³/mol. The van der Waals surface area contributed by atoms with Gasteiger partial charge in [0.05, 0.1) is 11.0 Å². The van der Waals surface area contributed by atoms with Crippen LogP contribution in [0.3, 0.4) is 0 Å². The zero-order valence-electron chi connectivity index (χ0n) is 44.2. The molecule has 0 fully saturated rings. The first-order chi connectivity index (χ1) is 37.4. The van der Waals surface area contributed by atoms with Crippen molar-refractivity contribution >= 4 is 75.3 Å². The summed E-state index contributed by atoms with van der Waals surface area (Å²) < 4.78 is 17.3. The van der Waals surface area contributed by atoms with Gasteiger partial charge in [0.25, 0.3) is 5.91 Å². The molecule has 4 aromatic carbocycles. The molecule has 1 heterocycles. The molecule has 0 saturated heterocycles. The number of ether oxygens (including phenoxy) is 2. The highest BCUT2D eigenvalue weighted by atomic mass is 16.6. The van der Waals surface area contributed by atoms with Gasteiger partial charge in [0.15, 0.2) is 23.3 Å². The Labute approximate surface area is 451 Å². The number of nitrogens with two attached hydrogens (primary N) is 4. The number of anilines is 1. The Morgan fingerprint density at radius 1 is 0.577 bits per heavy atom. The Balaban J connectivity index is 1.26. The number of aromatic nitrogens is 1. The highest BCUT2D eigenvalue weighted by Crippen LogP contribution is 2.34. The average molecular weight is 1070 g/mol. The quantitative estimate of drug-likeness (QED) is 0.0117. The highest BCUT2D eigenvalue weighted by molar-refractivity contribution is 6.13. The summed E-state index contributed by atoms with van der Waals surface area (Å²) in [4.78, 5) is 99.5. The maximum atomic E-state index is 14.4. The van der Waals surface area contributed by atoms with Crippen LogP contribution in [0.5, 0.6) is 0 Å². The summed E-state index contributed by atoms with van der Waals surface area (Å²) in [7, 11) is 0. The number of hydrogen-bond acceptors (Lipinski definition) is 12. The Hall–Kier alpha value is -9.08. The fourth-order valence-corrected chi connectivity index (χ4v) is 8.34. The summed E-state index contributed by atoms with van der Waals surface area (Å²) in [5.41, 5.74) is 25.3. The van der Waals surface area contributed by atoms with E-state index in [-0.39, 0.29) is 92.4 Å². The number of fused-ring (bicyclic) bond motifs is 4. The van der Waals surface area contributed by atoms with Crippen LogP contribution in [-0.2, 0) is 41.9 Å². The van der Waals surface area contributed by atoms with E-state index in [1.54, 1.807) is 36.4 Å². The smallest absolute Gasteiger partial charge is 0.408 e. The highest BCUT2D eigenvalue weighted by Gasteiger charge is 2.30. The van der Waals surface area contributed by atoms with E-state index in [0.717, 1.165) is 11.1 Å². The van der Waals surface area contributed by atoms with Gasteiger partial charge in [0, 0.05) is 36.0 Å². The molecule has 4 unspecified atom stereocenters. The van der Waals surface area contributed by atoms with E-state index in [2.05, 4.69) is 41.6 Å². The van der Waals surface area contributed by atoms with Crippen LogP contribution in [0.2, 0.25) is 0 Å². The van der Waals surface area contributed by atoms with E-state index < -0.39 is 60.0 Å². The zero-order chi connectivity index (χ0) is 56.1. The Morgan fingerprint density at radius 2 is 1.08 bits per heavy atom. The van der Waals surface area contributed by atoms with Gasteiger partial charge in [-0.15, -0.1) is 0 Å². The molecule has 22 heteroatoms. The van der Waals surface area contributed by atoms with Gasteiger partial charge in [-0.05, 0) is 73.6 Å². The molecule has 78 heavy (non-hydrogen) atoms. The van der Waals surface area contributed by atoms with Crippen LogP contribution in [-0.4, -0.2) is 90.0 Å². The molecule has 13 N–H and O–H groups in total. The minimum atomic E-state index is -1.15. The van der Waals surface area contributed by atoms with Gasteiger partial charge in [0.1, 0.15) is 48.6 Å². The molecule has 1 aliphatic carbocycles. The third kappa shape index (κ3) is 18.1. The lowest BCUT2D eigenvalue weighted by Crippen LogP contribution is -2.53. The number of rotatable bonds is 25. The largest absolute Gasteiger partial charge is 0.453 e. The molecule has 0 aromatic heterocycles. The molecule has 2 aliphatic rings. The van der Waals surface area contributed by atoms with Crippen molar-refractivity contribution in [1.29, 1.82) is 0 Å². The Kier molecular flexibility index (Phi) is 21.4. The summed E-state index contributed by atoms with van der Waals surface area (Å²) in [6.07, 6.45) is -0.267. The van der Waals surface area contributed by atoms with Crippen LogP contribution in [0.4, 0.5) is 15.3 Å². The molecule has 0 bridgehead atoms. The first-order valence-corrected chi connectivity index (χ1v) is 25.7. The minimum absolute atomic E-state index is 0.00616. The van der Waals surface area contributed by atoms with E-state index in [4.69, 9.17) is 41.8 Å². The van der Waals surface area contributed by atoms with E-state index in [1.807, 2.05) is 94.4 Å².